The van der Waals surface area contributed by atoms with E-state index in [-0.39, 0.29) is 11.1 Å². The molecule has 0 bridgehead atoms. The number of aromatic nitrogens is 5. The van der Waals surface area contributed by atoms with Gasteiger partial charge in [-0.15, -0.1) is 0 Å². The van der Waals surface area contributed by atoms with Crippen molar-refractivity contribution in [2.24, 2.45) is 7.05 Å². The van der Waals surface area contributed by atoms with Crippen LogP contribution in [0.2, 0.25) is 0 Å². The van der Waals surface area contributed by atoms with Crippen LogP contribution in [0.25, 0.3) is 27.8 Å². The molecule has 0 unspecified atom stereocenters. The lowest BCUT2D eigenvalue weighted by atomic mass is 10.1. The molecule has 2 aromatic carbocycles. The predicted octanol–water partition coefficient (Wildman–Crippen LogP) is 3.37. The third kappa shape index (κ3) is 3.31. The summed E-state index contributed by atoms with van der Waals surface area (Å²) in [5.41, 5.74) is 10.7. The lowest BCUT2D eigenvalue weighted by Gasteiger charge is -2.08. The fourth-order valence-corrected chi connectivity index (χ4v) is 4.91. The second-order valence-corrected chi connectivity index (χ2v) is 8.64. The number of hydrogen-bond acceptors (Lipinski definition) is 5. The zero-order valence-electron chi connectivity index (χ0n) is 19.1. The van der Waals surface area contributed by atoms with Crippen molar-refractivity contribution in [2.75, 3.05) is 11.1 Å². The quantitative estimate of drug-likeness (QED) is 0.423. The third-order valence-corrected chi connectivity index (χ3v) is 6.50. The highest BCUT2D eigenvalue weighted by Crippen LogP contribution is 2.32. The number of rotatable bonds is 4. The monoisotopic (exact) mass is 465 g/mol. The number of para-hydroxylation sites is 1. The summed E-state index contributed by atoms with van der Waals surface area (Å²) in [6, 6.07) is 16.9. The van der Waals surface area contributed by atoms with Crippen LogP contribution in [0.4, 0.5) is 11.5 Å². The molecule has 35 heavy (non-hydrogen) atoms. The number of aryl methyl sites for hydroxylation is 1. The number of nitrogen functional groups attached to an aromatic ring is 1. The first-order valence-electron chi connectivity index (χ1n) is 11.4. The number of amides is 1. The number of nitrogens with zero attached hydrogens (tertiary/aromatic N) is 5. The summed E-state index contributed by atoms with van der Waals surface area (Å²) < 4.78 is 5.43. The molecule has 0 spiro atoms. The van der Waals surface area contributed by atoms with Gasteiger partial charge < -0.3 is 15.6 Å². The first-order chi connectivity index (χ1) is 17.0. The summed E-state index contributed by atoms with van der Waals surface area (Å²) in [4.78, 5) is 35.0. The number of anilines is 2. The molecule has 3 N–H and O–H groups in total. The molecule has 3 aromatic heterocycles. The number of nitrogens with two attached hydrogens (primary N) is 1. The Morgan fingerprint density at radius 3 is 2.60 bits per heavy atom. The topological polar surface area (TPSA) is 113 Å². The fourth-order valence-electron chi connectivity index (χ4n) is 4.91. The van der Waals surface area contributed by atoms with E-state index >= 15 is 0 Å². The Morgan fingerprint density at radius 2 is 1.83 bits per heavy atom. The van der Waals surface area contributed by atoms with Crippen LogP contribution < -0.4 is 16.6 Å². The summed E-state index contributed by atoms with van der Waals surface area (Å²) in [6.07, 6.45) is 5.00. The maximum Gasteiger partial charge on any atom is 0.284 e. The Labute approximate surface area is 200 Å². The van der Waals surface area contributed by atoms with Crippen molar-refractivity contribution in [3.05, 3.63) is 88.7 Å². The first kappa shape index (κ1) is 20.9. The van der Waals surface area contributed by atoms with Crippen LogP contribution >= 0.6 is 0 Å². The molecule has 9 nitrogen and oxygen atoms in total. The molecule has 1 amide bonds. The number of fused-ring (bicyclic) bond motifs is 2. The van der Waals surface area contributed by atoms with E-state index in [0.717, 1.165) is 40.0 Å². The van der Waals surface area contributed by atoms with E-state index < -0.39 is 5.91 Å². The Bertz CT molecular complexity index is 1640. The average molecular weight is 466 g/mol. The molecule has 0 saturated heterocycles. The maximum atomic E-state index is 13.3. The summed E-state index contributed by atoms with van der Waals surface area (Å²) in [5.74, 6) is 0.0196. The number of benzene rings is 2. The standard InChI is InChI=1S/C26H23N7O2/c1-31-14-19(21-23(27)28-15-29-24(21)31)16-9-11-17(12-10-16)30-25(34)22-20-8-5-13-32(20)33(26(22)35)18-6-3-2-4-7-18/h2-4,6-7,9-12,14-15H,5,8,13H2,1H3,(H,30,34)(H2,27,28,29). The van der Waals surface area contributed by atoms with Crippen LogP contribution in [0.15, 0.2) is 71.9 Å². The molecular formula is C26H23N7O2. The molecule has 0 fully saturated rings. The van der Waals surface area contributed by atoms with Gasteiger partial charge in [-0.25, -0.2) is 14.6 Å². The summed E-state index contributed by atoms with van der Waals surface area (Å²) in [7, 11) is 1.91. The van der Waals surface area contributed by atoms with Gasteiger partial charge in [0.15, 0.2) is 0 Å². The lowest BCUT2D eigenvalue weighted by Crippen LogP contribution is -2.26. The van der Waals surface area contributed by atoms with Crippen LogP contribution in [0.1, 0.15) is 22.5 Å². The molecule has 0 saturated carbocycles. The lowest BCUT2D eigenvalue weighted by molar-refractivity contribution is 0.102. The number of nitrogens with one attached hydrogen (secondary N) is 1. The Balaban J connectivity index is 1.32. The van der Waals surface area contributed by atoms with E-state index in [0.29, 0.717) is 24.5 Å². The average Bonchev–Trinajstić information content (AvgIpc) is 3.53. The SMILES string of the molecule is Cn1cc(-c2ccc(NC(=O)c3c4n(n(-c5ccccc5)c3=O)CCC4)cc2)c2c(N)ncnc21. The third-order valence-electron chi connectivity index (χ3n) is 6.50. The van der Waals surface area contributed by atoms with Gasteiger partial charge in [0.25, 0.3) is 11.5 Å². The van der Waals surface area contributed by atoms with E-state index in [2.05, 4.69) is 15.3 Å². The van der Waals surface area contributed by atoms with Gasteiger partial charge in [0.05, 0.1) is 16.8 Å². The molecule has 0 aliphatic carbocycles. The molecule has 0 atom stereocenters. The van der Waals surface area contributed by atoms with Gasteiger partial charge in [0, 0.05) is 31.0 Å². The Kier molecular flexibility index (Phi) is 4.77. The second-order valence-electron chi connectivity index (χ2n) is 8.64. The normalized spacial score (nSPS) is 12.7. The van der Waals surface area contributed by atoms with Crippen molar-refractivity contribution >= 4 is 28.4 Å². The molecule has 5 aromatic rings. The summed E-state index contributed by atoms with van der Waals surface area (Å²) in [6.45, 7) is 0.708. The van der Waals surface area contributed by atoms with E-state index in [9.17, 15) is 9.59 Å². The Hall–Kier alpha value is -4.66. The van der Waals surface area contributed by atoms with Crippen molar-refractivity contribution < 1.29 is 4.79 Å². The zero-order chi connectivity index (χ0) is 24.1. The van der Waals surface area contributed by atoms with Gasteiger partial charge in [-0.1, -0.05) is 30.3 Å². The first-order valence-corrected chi connectivity index (χ1v) is 11.4. The van der Waals surface area contributed by atoms with Crippen LogP contribution in [-0.2, 0) is 20.0 Å². The number of hydrogen-bond donors (Lipinski definition) is 2. The molecule has 6 rings (SSSR count). The van der Waals surface area contributed by atoms with Crippen molar-refractivity contribution in [3.63, 3.8) is 0 Å². The molecule has 1 aliphatic rings. The van der Waals surface area contributed by atoms with E-state index in [1.54, 1.807) is 4.68 Å². The minimum Gasteiger partial charge on any atom is -0.383 e. The Morgan fingerprint density at radius 1 is 1.06 bits per heavy atom. The van der Waals surface area contributed by atoms with E-state index in [1.807, 2.05) is 77.1 Å². The van der Waals surface area contributed by atoms with Crippen molar-refractivity contribution in [2.45, 2.75) is 19.4 Å². The van der Waals surface area contributed by atoms with Gasteiger partial charge in [-0.3, -0.25) is 14.3 Å². The molecule has 0 radical (unpaired) electrons. The van der Waals surface area contributed by atoms with Crippen molar-refractivity contribution in [1.82, 2.24) is 23.9 Å². The summed E-state index contributed by atoms with van der Waals surface area (Å²) >= 11 is 0. The van der Waals surface area contributed by atoms with Crippen LogP contribution in [0.5, 0.6) is 0 Å². The fraction of sp³-hybridized carbons (Fsp3) is 0.154. The molecule has 4 heterocycles. The highest BCUT2D eigenvalue weighted by Gasteiger charge is 2.28. The minimum atomic E-state index is -0.397. The largest absolute Gasteiger partial charge is 0.383 e. The van der Waals surface area contributed by atoms with Crippen LogP contribution in [0, 0.1) is 0 Å². The van der Waals surface area contributed by atoms with Crippen molar-refractivity contribution in [1.29, 1.82) is 0 Å². The van der Waals surface area contributed by atoms with Gasteiger partial charge in [-0.2, -0.15) is 0 Å². The molecule has 9 heteroatoms. The van der Waals surface area contributed by atoms with E-state index in [4.69, 9.17) is 5.73 Å². The zero-order valence-corrected chi connectivity index (χ0v) is 19.1. The van der Waals surface area contributed by atoms with Gasteiger partial charge in [0.2, 0.25) is 0 Å². The maximum absolute atomic E-state index is 13.3. The minimum absolute atomic E-state index is 0.203. The number of carbonyl (C=O) groups is 1. The summed E-state index contributed by atoms with van der Waals surface area (Å²) in [5, 5.41) is 3.70. The molecule has 174 valence electrons. The van der Waals surface area contributed by atoms with Crippen molar-refractivity contribution in [3.8, 4) is 16.8 Å². The smallest absolute Gasteiger partial charge is 0.284 e. The van der Waals surface area contributed by atoms with Gasteiger partial charge >= 0.3 is 0 Å². The molecular weight excluding hydrogens is 442 g/mol. The number of carbonyl (C=O) groups excluding carboxylic acids is 1. The van der Waals surface area contributed by atoms with Crippen LogP contribution in [-0.4, -0.2) is 29.8 Å². The predicted molar refractivity (Wildman–Crippen MR) is 135 cm³/mol. The highest BCUT2D eigenvalue weighted by molar-refractivity contribution is 6.05. The second kappa shape index (κ2) is 7.98. The van der Waals surface area contributed by atoms with Crippen LogP contribution in [0.3, 0.4) is 0 Å². The van der Waals surface area contributed by atoms with E-state index in [1.165, 1.54) is 6.33 Å². The molecule has 1 aliphatic heterocycles. The van der Waals surface area contributed by atoms with Gasteiger partial charge in [-0.05, 0) is 42.7 Å². The van der Waals surface area contributed by atoms with Gasteiger partial charge in [0.1, 0.15) is 23.4 Å². The highest BCUT2D eigenvalue weighted by atomic mass is 16.2.